The van der Waals surface area contributed by atoms with Crippen molar-refractivity contribution in [1.82, 2.24) is 0 Å². The average molecular weight is 443 g/mol. The van der Waals surface area contributed by atoms with Crippen molar-refractivity contribution in [1.29, 1.82) is 0 Å². The first kappa shape index (κ1) is 21.8. The summed E-state index contributed by atoms with van der Waals surface area (Å²) in [5.74, 6) is 0. The number of aryl methyl sites for hydroxylation is 2. The highest BCUT2D eigenvalue weighted by atomic mass is 32.1. The molecule has 0 aliphatic rings. The number of hydrogen-bond donors (Lipinski definition) is 0. The maximum absolute atomic E-state index is 2.39. The lowest BCUT2D eigenvalue weighted by Gasteiger charge is -2.01. The molecule has 0 unspecified atom stereocenters. The van der Waals surface area contributed by atoms with Gasteiger partial charge in [-0.15, -0.1) is 22.7 Å². The summed E-state index contributed by atoms with van der Waals surface area (Å²) in [5, 5.41) is 8.23. The highest BCUT2D eigenvalue weighted by molar-refractivity contribution is 7.26. The second-order valence-electron chi connectivity index (χ2n) is 7.95. The first-order valence-electron chi connectivity index (χ1n) is 11.3. The van der Waals surface area contributed by atoms with E-state index in [1.807, 2.05) is 36.5 Å². The molecule has 0 N–H and O–H groups in total. The third-order valence-corrected chi connectivity index (χ3v) is 7.59. The molecule has 0 nitrogen and oxygen atoms in total. The van der Waals surface area contributed by atoms with Gasteiger partial charge in [-0.1, -0.05) is 57.4 Å². The Morgan fingerprint density at radius 3 is 1.26 bits per heavy atom. The predicted molar refractivity (Wildman–Crippen MR) is 147 cm³/mol. The Hall–Kier alpha value is -2.42. The second-order valence-corrected chi connectivity index (χ2v) is 10.1. The van der Waals surface area contributed by atoms with Crippen LogP contribution in [0, 0.1) is 13.8 Å². The van der Waals surface area contributed by atoms with Crippen molar-refractivity contribution in [2.75, 3.05) is 0 Å². The summed E-state index contributed by atoms with van der Waals surface area (Å²) in [6.07, 6.45) is 1.25. The summed E-state index contributed by atoms with van der Waals surface area (Å²) in [5.41, 5.74) is 2.65. The van der Waals surface area contributed by atoms with Crippen LogP contribution < -0.4 is 0 Å². The van der Waals surface area contributed by atoms with Crippen molar-refractivity contribution < 1.29 is 0 Å². The zero-order valence-electron chi connectivity index (χ0n) is 19.3. The summed E-state index contributed by atoms with van der Waals surface area (Å²) in [6, 6.07) is 23.1. The van der Waals surface area contributed by atoms with E-state index in [-0.39, 0.29) is 0 Å². The normalized spacial score (nSPS) is 11.0. The van der Waals surface area contributed by atoms with Gasteiger partial charge in [0.1, 0.15) is 0 Å². The summed E-state index contributed by atoms with van der Waals surface area (Å²) >= 11 is 3.80. The fourth-order valence-electron chi connectivity index (χ4n) is 4.02. The Morgan fingerprint density at radius 1 is 0.516 bits per heavy atom. The molecule has 31 heavy (non-hydrogen) atoms. The van der Waals surface area contributed by atoms with E-state index in [2.05, 4.69) is 88.4 Å². The van der Waals surface area contributed by atoms with E-state index in [1.165, 1.54) is 68.7 Å². The Morgan fingerprint density at radius 2 is 0.871 bits per heavy atom. The summed E-state index contributed by atoms with van der Waals surface area (Å²) < 4.78 is 5.52. The van der Waals surface area contributed by atoms with Gasteiger partial charge in [0, 0.05) is 40.3 Å². The van der Waals surface area contributed by atoms with Crippen LogP contribution in [0.15, 0.2) is 60.7 Å². The Bertz CT molecular complexity index is 1400. The third-order valence-electron chi connectivity index (χ3n) is 5.33. The topological polar surface area (TPSA) is 0 Å². The maximum Gasteiger partial charge on any atom is 0.0361 e. The minimum atomic E-state index is 1.25. The molecule has 158 valence electrons. The Kier molecular flexibility index (Phi) is 6.31. The van der Waals surface area contributed by atoms with Crippen molar-refractivity contribution >= 4 is 73.8 Å². The van der Waals surface area contributed by atoms with Crippen molar-refractivity contribution in [3.63, 3.8) is 0 Å². The van der Waals surface area contributed by atoms with Crippen molar-refractivity contribution in [3.8, 4) is 0 Å². The molecule has 0 saturated heterocycles. The van der Waals surface area contributed by atoms with Crippen molar-refractivity contribution in [2.24, 2.45) is 0 Å². The molecule has 2 heteroatoms. The van der Waals surface area contributed by atoms with E-state index in [9.17, 15) is 0 Å². The molecule has 2 heterocycles. The fraction of sp³-hybridized carbons (Fsp3) is 0.241. The minimum absolute atomic E-state index is 1.25. The third kappa shape index (κ3) is 3.95. The molecule has 0 bridgehead atoms. The molecule has 4 aromatic carbocycles. The molecule has 0 atom stereocenters. The van der Waals surface area contributed by atoms with Gasteiger partial charge in [-0.25, -0.2) is 0 Å². The molecule has 0 saturated carbocycles. The Labute approximate surface area is 193 Å². The number of thiophene rings is 2. The molecule has 6 rings (SSSR count). The van der Waals surface area contributed by atoms with Crippen LogP contribution in [0.5, 0.6) is 0 Å². The standard InChI is InChI=1S/C24H16S2.C3H8.C2H6/c1-13-3-5-21-17(7-13)19-9-15-12-24-20(10-16(15)11-23(19)25-21)18-8-14(2)4-6-22(18)26-24;1-3-2;1-2/h3-12H,1-2H3;3H2,1-2H3;1-2H3. The molecule has 0 amide bonds. The Balaban J connectivity index is 0.000000429. The number of rotatable bonds is 0. The molecule has 0 radical (unpaired) electrons. The van der Waals surface area contributed by atoms with E-state index in [0.717, 1.165) is 0 Å². The second kappa shape index (κ2) is 8.98. The lowest BCUT2D eigenvalue weighted by atomic mass is 10.0. The number of fused-ring (bicyclic) bond motifs is 7. The maximum atomic E-state index is 2.39. The highest BCUT2D eigenvalue weighted by Crippen LogP contribution is 2.41. The number of benzene rings is 4. The van der Waals surface area contributed by atoms with Crippen LogP contribution in [0.25, 0.3) is 51.1 Å². The SMILES string of the molecule is CC.CCC.Cc1ccc2sc3cc4cc5c(cc4cc3c2c1)sc1ccc(C)cc15. The lowest BCUT2D eigenvalue weighted by Crippen LogP contribution is -1.75. The molecule has 0 fully saturated rings. The first-order valence-corrected chi connectivity index (χ1v) is 12.9. The van der Waals surface area contributed by atoms with E-state index >= 15 is 0 Å². The molecule has 0 aliphatic carbocycles. The van der Waals surface area contributed by atoms with Crippen LogP contribution in [-0.2, 0) is 0 Å². The van der Waals surface area contributed by atoms with Crippen LogP contribution in [0.4, 0.5) is 0 Å². The van der Waals surface area contributed by atoms with Gasteiger partial charge < -0.3 is 0 Å². The van der Waals surface area contributed by atoms with Gasteiger partial charge in [-0.05, 0) is 73.2 Å². The van der Waals surface area contributed by atoms with Crippen LogP contribution >= 0.6 is 22.7 Å². The predicted octanol–water partition coefficient (Wildman–Crippen LogP) is 10.6. The zero-order chi connectivity index (χ0) is 22.1. The molecule has 6 aromatic rings. The summed E-state index contributed by atoms with van der Waals surface area (Å²) in [4.78, 5) is 0. The van der Waals surface area contributed by atoms with E-state index in [4.69, 9.17) is 0 Å². The van der Waals surface area contributed by atoms with Crippen molar-refractivity contribution in [2.45, 2.75) is 48.0 Å². The number of hydrogen-bond acceptors (Lipinski definition) is 2. The summed E-state index contributed by atoms with van der Waals surface area (Å²) in [7, 11) is 0. The average Bonchev–Trinajstić information content (AvgIpc) is 3.29. The van der Waals surface area contributed by atoms with Gasteiger partial charge in [0.15, 0.2) is 0 Å². The fourth-order valence-corrected chi connectivity index (χ4v) is 6.25. The molecule has 0 aliphatic heterocycles. The van der Waals surface area contributed by atoms with Gasteiger partial charge in [0.05, 0.1) is 0 Å². The van der Waals surface area contributed by atoms with Gasteiger partial charge in [-0.3, -0.25) is 0 Å². The van der Waals surface area contributed by atoms with Crippen LogP contribution in [0.2, 0.25) is 0 Å². The van der Waals surface area contributed by atoms with Gasteiger partial charge in [-0.2, -0.15) is 0 Å². The summed E-state index contributed by atoms with van der Waals surface area (Å²) in [6.45, 7) is 12.6. The van der Waals surface area contributed by atoms with E-state index < -0.39 is 0 Å². The van der Waals surface area contributed by atoms with Crippen molar-refractivity contribution in [3.05, 3.63) is 71.8 Å². The van der Waals surface area contributed by atoms with Gasteiger partial charge >= 0.3 is 0 Å². The first-order chi connectivity index (χ1) is 15.1. The lowest BCUT2D eigenvalue weighted by molar-refractivity contribution is 1.09. The largest absolute Gasteiger partial charge is 0.135 e. The van der Waals surface area contributed by atoms with Gasteiger partial charge in [0.25, 0.3) is 0 Å². The molecular weight excluding hydrogens is 412 g/mol. The highest BCUT2D eigenvalue weighted by Gasteiger charge is 2.10. The zero-order valence-corrected chi connectivity index (χ0v) is 20.9. The van der Waals surface area contributed by atoms with E-state index in [0.29, 0.717) is 0 Å². The van der Waals surface area contributed by atoms with Gasteiger partial charge in [0.2, 0.25) is 0 Å². The van der Waals surface area contributed by atoms with E-state index in [1.54, 1.807) is 0 Å². The minimum Gasteiger partial charge on any atom is -0.135 e. The monoisotopic (exact) mass is 442 g/mol. The molecule has 2 aromatic heterocycles. The molecular formula is C29H30S2. The quantitative estimate of drug-likeness (QED) is 0.219. The van der Waals surface area contributed by atoms with Crippen LogP contribution in [0.1, 0.15) is 45.2 Å². The van der Waals surface area contributed by atoms with Crippen LogP contribution in [0.3, 0.4) is 0 Å². The molecule has 0 spiro atoms. The smallest absolute Gasteiger partial charge is 0.0361 e. The van der Waals surface area contributed by atoms with Crippen LogP contribution in [-0.4, -0.2) is 0 Å².